The molecule has 2 atom stereocenters. The highest BCUT2D eigenvalue weighted by atomic mass is 16.2. The van der Waals surface area contributed by atoms with Gasteiger partial charge in [-0.1, -0.05) is 6.92 Å². The van der Waals surface area contributed by atoms with Gasteiger partial charge in [-0.15, -0.1) is 0 Å². The van der Waals surface area contributed by atoms with Gasteiger partial charge in [-0.2, -0.15) is 0 Å². The Morgan fingerprint density at radius 3 is 2.42 bits per heavy atom. The van der Waals surface area contributed by atoms with Crippen LogP contribution < -0.4 is 10.2 Å². The van der Waals surface area contributed by atoms with E-state index in [0.29, 0.717) is 23.6 Å². The Bertz CT molecular complexity index is 633. The lowest BCUT2D eigenvalue weighted by Gasteiger charge is -2.36. The number of hydrogen-bond acceptors (Lipinski definition) is 4. The van der Waals surface area contributed by atoms with E-state index in [4.69, 9.17) is 0 Å². The van der Waals surface area contributed by atoms with Crippen molar-refractivity contribution in [3.8, 4) is 0 Å². The topological polar surface area (TPSA) is 65.5 Å². The minimum absolute atomic E-state index is 0.0787. The lowest BCUT2D eigenvalue weighted by molar-refractivity contribution is -0.132. The number of rotatable bonds is 4. The Hall–Kier alpha value is -2.11. The second kappa shape index (κ2) is 6.07. The lowest BCUT2D eigenvalue weighted by Crippen LogP contribution is -2.49. The van der Waals surface area contributed by atoms with Crippen LogP contribution in [0.5, 0.6) is 0 Å². The molecular formula is C18H24N4O2. The van der Waals surface area contributed by atoms with Crippen molar-refractivity contribution in [1.82, 2.24) is 9.88 Å². The summed E-state index contributed by atoms with van der Waals surface area (Å²) in [5.41, 5.74) is 1.05. The van der Waals surface area contributed by atoms with Crippen molar-refractivity contribution < 1.29 is 9.59 Å². The zero-order valence-electron chi connectivity index (χ0n) is 14.1. The van der Waals surface area contributed by atoms with Crippen LogP contribution in [0, 0.1) is 17.8 Å². The molecule has 3 fully saturated rings. The van der Waals surface area contributed by atoms with Crippen molar-refractivity contribution in [1.29, 1.82) is 0 Å². The first-order valence-electron chi connectivity index (χ1n) is 8.92. The summed E-state index contributed by atoms with van der Waals surface area (Å²) >= 11 is 0. The standard InChI is InChI=1S/C18H24N4O2/c1-12-10-15(12)17(23)20-16-5-4-14(11-19-16)21-6-8-22(9-7-21)18(24)13-2-3-13/h4-5,11-13,15H,2-3,6-10H2,1H3,(H,19,20,23)/t12-,15-/m1/s1. The number of nitrogens with zero attached hydrogens (tertiary/aromatic N) is 3. The fourth-order valence-corrected chi connectivity index (χ4v) is 3.33. The molecule has 2 amide bonds. The second-order valence-electron chi connectivity index (χ2n) is 7.30. The van der Waals surface area contributed by atoms with Crippen LogP contribution in [0.4, 0.5) is 11.5 Å². The maximum atomic E-state index is 12.1. The SMILES string of the molecule is C[C@@H]1C[C@H]1C(=O)Nc1ccc(N2CCN(C(=O)C3CC3)CC2)cn1. The Morgan fingerprint density at radius 2 is 1.88 bits per heavy atom. The number of amides is 2. The predicted molar refractivity (Wildman–Crippen MR) is 91.7 cm³/mol. The van der Waals surface area contributed by atoms with Crippen LogP contribution in [0.1, 0.15) is 26.2 Å². The van der Waals surface area contributed by atoms with E-state index in [1.165, 1.54) is 0 Å². The third-order valence-corrected chi connectivity index (χ3v) is 5.33. The van der Waals surface area contributed by atoms with Crippen LogP contribution in [0.15, 0.2) is 18.3 Å². The van der Waals surface area contributed by atoms with E-state index in [-0.39, 0.29) is 11.8 Å². The fraction of sp³-hybridized carbons (Fsp3) is 0.611. The normalized spacial score (nSPS) is 26.2. The average molecular weight is 328 g/mol. The van der Waals surface area contributed by atoms with Crippen LogP contribution in [0.3, 0.4) is 0 Å². The van der Waals surface area contributed by atoms with Gasteiger partial charge in [-0.05, 0) is 37.3 Å². The number of carbonyl (C=O) groups is 2. The van der Waals surface area contributed by atoms with Gasteiger partial charge in [-0.3, -0.25) is 9.59 Å². The predicted octanol–water partition coefficient (Wildman–Crippen LogP) is 1.73. The molecule has 0 unspecified atom stereocenters. The molecule has 0 spiro atoms. The molecule has 0 aromatic carbocycles. The van der Waals surface area contributed by atoms with E-state index in [0.717, 1.165) is 51.1 Å². The smallest absolute Gasteiger partial charge is 0.228 e. The number of aromatic nitrogens is 1. The Morgan fingerprint density at radius 1 is 1.17 bits per heavy atom. The quantitative estimate of drug-likeness (QED) is 0.914. The molecule has 6 nitrogen and oxygen atoms in total. The molecule has 24 heavy (non-hydrogen) atoms. The first-order valence-corrected chi connectivity index (χ1v) is 8.92. The molecule has 2 saturated carbocycles. The summed E-state index contributed by atoms with van der Waals surface area (Å²) in [6.45, 7) is 5.34. The Balaban J connectivity index is 1.30. The van der Waals surface area contributed by atoms with Crippen molar-refractivity contribution in [3.63, 3.8) is 0 Å². The van der Waals surface area contributed by atoms with E-state index in [1.54, 1.807) is 0 Å². The van der Waals surface area contributed by atoms with Gasteiger partial charge >= 0.3 is 0 Å². The molecule has 1 N–H and O–H groups in total. The summed E-state index contributed by atoms with van der Waals surface area (Å²) in [7, 11) is 0. The maximum absolute atomic E-state index is 12.1. The van der Waals surface area contributed by atoms with E-state index in [2.05, 4.69) is 22.1 Å². The van der Waals surface area contributed by atoms with Gasteiger partial charge in [0.05, 0.1) is 11.9 Å². The number of anilines is 2. The number of carbonyl (C=O) groups excluding carboxylic acids is 2. The van der Waals surface area contributed by atoms with E-state index >= 15 is 0 Å². The molecule has 1 aliphatic heterocycles. The van der Waals surface area contributed by atoms with Gasteiger partial charge in [0.25, 0.3) is 0 Å². The average Bonchev–Trinajstić information content (AvgIpc) is 3.51. The minimum atomic E-state index is 0.0787. The van der Waals surface area contributed by atoms with Crippen LogP contribution in [-0.4, -0.2) is 47.9 Å². The number of pyridine rings is 1. The van der Waals surface area contributed by atoms with Crippen molar-refractivity contribution >= 4 is 23.3 Å². The lowest BCUT2D eigenvalue weighted by atomic mass is 10.2. The number of piperazine rings is 1. The summed E-state index contributed by atoms with van der Waals surface area (Å²) < 4.78 is 0. The Kier molecular flexibility index (Phi) is 3.90. The minimum Gasteiger partial charge on any atom is -0.367 e. The summed E-state index contributed by atoms with van der Waals surface area (Å²) in [5, 5.41) is 2.88. The molecule has 3 aliphatic rings. The fourth-order valence-electron chi connectivity index (χ4n) is 3.33. The van der Waals surface area contributed by atoms with Crippen LogP contribution in [0.2, 0.25) is 0 Å². The molecule has 0 bridgehead atoms. The van der Waals surface area contributed by atoms with Crippen molar-refractivity contribution in [2.45, 2.75) is 26.2 Å². The first kappa shape index (κ1) is 15.4. The summed E-state index contributed by atoms with van der Waals surface area (Å²) in [6.07, 6.45) is 4.92. The molecule has 2 heterocycles. The van der Waals surface area contributed by atoms with Crippen molar-refractivity contribution in [2.75, 3.05) is 36.4 Å². The van der Waals surface area contributed by atoms with Gasteiger partial charge < -0.3 is 15.1 Å². The van der Waals surface area contributed by atoms with Gasteiger partial charge in [0, 0.05) is 38.0 Å². The molecular weight excluding hydrogens is 304 g/mol. The van der Waals surface area contributed by atoms with E-state index < -0.39 is 0 Å². The third-order valence-electron chi connectivity index (χ3n) is 5.33. The van der Waals surface area contributed by atoms with Crippen molar-refractivity contribution in [3.05, 3.63) is 18.3 Å². The third kappa shape index (κ3) is 3.23. The highest BCUT2D eigenvalue weighted by molar-refractivity contribution is 5.93. The Labute approximate surface area is 142 Å². The largest absolute Gasteiger partial charge is 0.367 e. The molecule has 0 radical (unpaired) electrons. The summed E-state index contributed by atoms with van der Waals surface area (Å²) in [4.78, 5) is 32.6. The molecule has 2 aliphatic carbocycles. The zero-order valence-corrected chi connectivity index (χ0v) is 14.1. The van der Waals surface area contributed by atoms with Crippen LogP contribution in [-0.2, 0) is 9.59 Å². The molecule has 1 aromatic heterocycles. The molecule has 1 saturated heterocycles. The van der Waals surface area contributed by atoms with Gasteiger partial charge in [-0.25, -0.2) is 4.98 Å². The van der Waals surface area contributed by atoms with Crippen LogP contribution in [0.25, 0.3) is 0 Å². The van der Waals surface area contributed by atoms with Gasteiger partial charge in [0.2, 0.25) is 11.8 Å². The second-order valence-corrected chi connectivity index (χ2v) is 7.30. The molecule has 128 valence electrons. The maximum Gasteiger partial charge on any atom is 0.228 e. The van der Waals surface area contributed by atoms with Gasteiger partial charge in [0.1, 0.15) is 5.82 Å². The molecule has 4 rings (SSSR count). The van der Waals surface area contributed by atoms with Crippen LogP contribution >= 0.6 is 0 Å². The highest BCUT2D eigenvalue weighted by Crippen LogP contribution is 2.38. The molecule has 1 aromatic rings. The highest BCUT2D eigenvalue weighted by Gasteiger charge is 2.39. The number of hydrogen-bond donors (Lipinski definition) is 1. The van der Waals surface area contributed by atoms with Gasteiger partial charge in [0.15, 0.2) is 0 Å². The summed E-state index contributed by atoms with van der Waals surface area (Å²) in [6, 6.07) is 3.86. The van der Waals surface area contributed by atoms with E-state index in [9.17, 15) is 9.59 Å². The summed E-state index contributed by atoms with van der Waals surface area (Å²) in [5.74, 6) is 1.98. The molecule has 6 heteroatoms. The monoisotopic (exact) mass is 328 g/mol. The first-order chi connectivity index (χ1) is 11.6. The van der Waals surface area contributed by atoms with E-state index in [1.807, 2.05) is 23.2 Å². The van der Waals surface area contributed by atoms with Crippen molar-refractivity contribution in [2.24, 2.45) is 17.8 Å². The number of nitrogens with one attached hydrogen (secondary N) is 1. The zero-order chi connectivity index (χ0) is 16.7.